The zero-order chi connectivity index (χ0) is 7.82. The molecule has 0 aliphatic heterocycles. The largest absolute Gasteiger partial charge is 0.395 e. The van der Waals surface area contributed by atoms with Gasteiger partial charge in [-0.2, -0.15) is 0 Å². The molecule has 0 aromatic carbocycles. The lowest BCUT2D eigenvalue weighted by Gasteiger charge is -2.13. The van der Waals surface area contributed by atoms with E-state index < -0.39 is 0 Å². The first-order chi connectivity index (χ1) is 4.85. The number of aliphatic hydroxyl groups is 1. The topological polar surface area (TPSA) is 23.5 Å². The van der Waals surface area contributed by atoms with Crippen molar-refractivity contribution >= 4 is 0 Å². The van der Waals surface area contributed by atoms with Crippen LogP contribution >= 0.6 is 0 Å². The Morgan fingerprint density at radius 1 is 1.20 bits per heavy atom. The number of terminal acetylenes is 2. The number of rotatable bonds is 4. The van der Waals surface area contributed by atoms with Crippen LogP contribution in [0.1, 0.15) is 0 Å². The van der Waals surface area contributed by atoms with Crippen molar-refractivity contribution in [2.24, 2.45) is 0 Å². The summed E-state index contributed by atoms with van der Waals surface area (Å²) in [6, 6.07) is 0. The maximum absolute atomic E-state index is 8.51. The molecule has 0 aromatic heterocycles. The van der Waals surface area contributed by atoms with Gasteiger partial charge in [0.15, 0.2) is 0 Å². The van der Waals surface area contributed by atoms with E-state index in [9.17, 15) is 0 Å². The number of hydrogen-bond donors (Lipinski definition) is 1. The van der Waals surface area contributed by atoms with Crippen LogP contribution in [0.2, 0.25) is 0 Å². The Balaban J connectivity index is 3.54. The lowest BCUT2D eigenvalue weighted by atomic mass is 10.4. The molecule has 10 heavy (non-hydrogen) atoms. The van der Waals surface area contributed by atoms with Gasteiger partial charge in [0, 0.05) is 6.54 Å². The SMILES string of the molecule is C#CCN(CC#C)CCO. The van der Waals surface area contributed by atoms with Crippen LogP contribution in [0, 0.1) is 24.7 Å². The minimum absolute atomic E-state index is 0.101. The Kier molecular flexibility index (Phi) is 5.57. The maximum Gasteiger partial charge on any atom is 0.0608 e. The highest BCUT2D eigenvalue weighted by Crippen LogP contribution is 1.83. The van der Waals surface area contributed by atoms with E-state index in [0.29, 0.717) is 19.6 Å². The highest BCUT2D eigenvalue weighted by atomic mass is 16.3. The van der Waals surface area contributed by atoms with Crippen molar-refractivity contribution in [3.05, 3.63) is 0 Å². The van der Waals surface area contributed by atoms with Crippen molar-refractivity contribution in [1.82, 2.24) is 4.90 Å². The van der Waals surface area contributed by atoms with Crippen LogP contribution in [0.15, 0.2) is 0 Å². The molecule has 54 valence electrons. The van der Waals surface area contributed by atoms with Gasteiger partial charge in [0.05, 0.1) is 19.7 Å². The van der Waals surface area contributed by atoms with E-state index in [1.54, 1.807) is 0 Å². The quantitative estimate of drug-likeness (QED) is 0.530. The fourth-order valence-corrected chi connectivity index (χ4v) is 0.614. The molecule has 2 heteroatoms. The molecule has 0 fully saturated rings. The summed E-state index contributed by atoms with van der Waals surface area (Å²) in [4.78, 5) is 1.82. The van der Waals surface area contributed by atoms with Gasteiger partial charge in [-0.05, 0) is 0 Å². The van der Waals surface area contributed by atoms with E-state index in [1.165, 1.54) is 0 Å². The number of aliphatic hydroxyl groups excluding tert-OH is 1. The molecule has 0 aliphatic rings. The fraction of sp³-hybridized carbons (Fsp3) is 0.500. The third-order valence-electron chi connectivity index (χ3n) is 1.05. The van der Waals surface area contributed by atoms with Crippen molar-refractivity contribution < 1.29 is 5.11 Å². The zero-order valence-corrected chi connectivity index (χ0v) is 5.88. The molecule has 0 aliphatic carbocycles. The van der Waals surface area contributed by atoms with Crippen LogP contribution in [0.5, 0.6) is 0 Å². The Labute approximate surface area is 61.8 Å². The molecule has 0 bridgehead atoms. The van der Waals surface area contributed by atoms with Crippen LogP contribution in [-0.2, 0) is 0 Å². The highest BCUT2D eigenvalue weighted by molar-refractivity contribution is 4.94. The summed E-state index contributed by atoms with van der Waals surface area (Å²) < 4.78 is 0. The molecule has 0 spiro atoms. The van der Waals surface area contributed by atoms with E-state index in [2.05, 4.69) is 11.8 Å². The minimum Gasteiger partial charge on any atom is -0.395 e. The van der Waals surface area contributed by atoms with Crippen LogP contribution < -0.4 is 0 Å². The first kappa shape index (κ1) is 9.04. The Bertz CT molecular complexity index is 136. The molecule has 0 saturated heterocycles. The highest BCUT2D eigenvalue weighted by Gasteiger charge is 1.97. The number of nitrogens with zero attached hydrogens (tertiary/aromatic N) is 1. The zero-order valence-electron chi connectivity index (χ0n) is 5.88. The van der Waals surface area contributed by atoms with Crippen molar-refractivity contribution in [1.29, 1.82) is 0 Å². The third-order valence-corrected chi connectivity index (χ3v) is 1.05. The second kappa shape index (κ2) is 6.16. The molecule has 0 unspecified atom stereocenters. The van der Waals surface area contributed by atoms with E-state index in [-0.39, 0.29) is 6.61 Å². The molecular formula is C8H11NO. The molecule has 0 heterocycles. The summed E-state index contributed by atoms with van der Waals surface area (Å²) >= 11 is 0. The van der Waals surface area contributed by atoms with Gasteiger partial charge in [0.1, 0.15) is 0 Å². The van der Waals surface area contributed by atoms with Crippen molar-refractivity contribution in [2.75, 3.05) is 26.2 Å². The van der Waals surface area contributed by atoms with Gasteiger partial charge in [0.2, 0.25) is 0 Å². The monoisotopic (exact) mass is 137 g/mol. The van der Waals surface area contributed by atoms with Crippen molar-refractivity contribution in [3.8, 4) is 24.7 Å². The van der Waals surface area contributed by atoms with Gasteiger partial charge in [-0.15, -0.1) is 12.8 Å². The Hall–Kier alpha value is -0.960. The van der Waals surface area contributed by atoms with Gasteiger partial charge in [0.25, 0.3) is 0 Å². The summed E-state index contributed by atoms with van der Waals surface area (Å²) in [7, 11) is 0. The standard InChI is InChI=1S/C8H11NO/c1-3-5-9(6-4-2)7-8-10/h1-2,10H,5-8H2. The summed E-state index contributed by atoms with van der Waals surface area (Å²) in [5, 5.41) is 8.51. The molecule has 2 nitrogen and oxygen atoms in total. The second-order valence-electron chi connectivity index (χ2n) is 1.84. The lowest BCUT2D eigenvalue weighted by molar-refractivity contribution is 0.224. The summed E-state index contributed by atoms with van der Waals surface area (Å²) in [5.74, 6) is 4.91. The fourth-order valence-electron chi connectivity index (χ4n) is 0.614. The lowest BCUT2D eigenvalue weighted by Crippen LogP contribution is -2.27. The Morgan fingerprint density at radius 3 is 2.00 bits per heavy atom. The Morgan fingerprint density at radius 2 is 1.70 bits per heavy atom. The van der Waals surface area contributed by atoms with Gasteiger partial charge < -0.3 is 5.11 Å². The summed E-state index contributed by atoms with van der Waals surface area (Å²) in [5.41, 5.74) is 0. The number of hydrogen-bond acceptors (Lipinski definition) is 2. The van der Waals surface area contributed by atoms with E-state index in [4.69, 9.17) is 18.0 Å². The second-order valence-corrected chi connectivity index (χ2v) is 1.84. The van der Waals surface area contributed by atoms with Crippen LogP contribution in [-0.4, -0.2) is 36.2 Å². The van der Waals surface area contributed by atoms with Crippen molar-refractivity contribution in [2.45, 2.75) is 0 Å². The van der Waals surface area contributed by atoms with E-state index in [1.807, 2.05) is 4.90 Å². The summed E-state index contributed by atoms with van der Waals surface area (Å²) in [6.45, 7) is 1.66. The van der Waals surface area contributed by atoms with E-state index in [0.717, 1.165) is 0 Å². The molecule has 0 saturated carbocycles. The normalized spacial score (nSPS) is 8.80. The molecule has 1 N–H and O–H groups in total. The van der Waals surface area contributed by atoms with Crippen LogP contribution in [0.25, 0.3) is 0 Å². The molecule has 0 amide bonds. The van der Waals surface area contributed by atoms with Crippen LogP contribution in [0.4, 0.5) is 0 Å². The molecule has 0 atom stereocenters. The molecule has 0 rings (SSSR count). The first-order valence-corrected chi connectivity index (χ1v) is 3.05. The smallest absolute Gasteiger partial charge is 0.0608 e. The predicted octanol–water partition coefficient (Wildman–Crippen LogP) is -0.453. The van der Waals surface area contributed by atoms with Crippen LogP contribution in [0.3, 0.4) is 0 Å². The van der Waals surface area contributed by atoms with Gasteiger partial charge in [-0.3, -0.25) is 4.90 Å². The van der Waals surface area contributed by atoms with Gasteiger partial charge >= 0.3 is 0 Å². The average Bonchev–Trinajstić information content (AvgIpc) is 1.90. The molecule has 0 aromatic rings. The average molecular weight is 137 g/mol. The molecule has 0 radical (unpaired) electrons. The van der Waals surface area contributed by atoms with E-state index >= 15 is 0 Å². The van der Waals surface area contributed by atoms with Gasteiger partial charge in [-0.1, -0.05) is 11.8 Å². The van der Waals surface area contributed by atoms with Gasteiger partial charge in [-0.25, -0.2) is 0 Å². The predicted molar refractivity (Wildman–Crippen MR) is 41.2 cm³/mol. The van der Waals surface area contributed by atoms with Crippen molar-refractivity contribution in [3.63, 3.8) is 0 Å². The maximum atomic E-state index is 8.51. The molecular weight excluding hydrogens is 126 g/mol. The first-order valence-electron chi connectivity index (χ1n) is 3.05. The third kappa shape index (κ3) is 3.97. The summed E-state index contributed by atoms with van der Waals surface area (Å²) in [6.07, 6.45) is 10.1. The minimum atomic E-state index is 0.101.